The molecule has 4 heterocycles. The smallest absolute Gasteiger partial charge is 0.186 e. The summed E-state index contributed by atoms with van der Waals surface area (Å²) in [7, 11) is 0. The Morgan fingerprint density at radius 3 is 2.96 bits per heavy atom. The van der Waals surface area contributed by atoms with Gasteiger partial charge in [-0.1, -0.05) is 11.8 Å². The third-order valence-corrected chi connectivity index (χ3v) is 5.39. The predicted octanol–water partition coefficient (Wildman–Crippen LogP) is 1.06. The Bertz CT molecular complexity index is 781. The van der Waals surface area contributed by atoms with Crippen LogP contribution in [0.1, 0.15) is 27.0 Å². The molecule has 0 aromatic rings. The van der Waals surface area contributed by atoms with Crippen LogP contribution in [0, 0.1) is 0 Å². The fraction of sp³-hybridized carbons (Fsp3) is 0.600. The van der Waals surface area contributed by atoms with Gasteiger partial charge in [-0.2, -0.15) is 0 Å². The van der Waals surface area contributed by atoms with Crippen LogP contribution in [0.5, 0.6) is 0 Å². The number of nitrogens with zero attached hydrogens (tertiary/aromatic N) is 4. The lowest BCUT2D eigenvalue weighted by Crippen LogP contribution is -2.49. The molecule has 0 saturated carbocycles. The lowest BCUT2D eigenvalue weighted by Gasteiger charge is -2.38. The lowest BCUT2D eigenvalue weighted by molar-refractivity contribution is -0.293. The standard InChI is InChI=1S/C15H19N5O4S/c1-7(21)25-11-10-8(4-22-15(2,3)24-10)23-14(11)20-6-19-13-9(12(20)16)17-5-18-13/h5-6,8,10-11,14H,4,16H2,1-3H3/t8-,10+,11+,14-/m0/s1. The number of ether oxygens (including phenoxy) is 3. The van der Waals surface area contributed by atoms with E-state index in [1.54, 1.807) is 10.9 Å². The highest BCUT2D eigenvalue weighted by atomic mass is 32.2. The minimum atomic E-state index is -0.732. The zero-order valence-electron chi connectivity index (χ0n) is 14.1. The first-order valence-corrected chi connectivity index (χ1v) is 8.81. The summed E-state index contributed by atoms with van der Waals surface area (Å²) in [6.07, 6.45) is 1.87. The number of fused-ring (bicyclic) bond motifs is 2. The maximum Gasteiger partial charge on any atom is 0.186 e. The van der Waals surface area contributed by atoms with Crippen molar-refractivity contribution in [3.63, 3.8) is 0 Å². The number of hydrogen-bond donors (Lipinski definition) is 1. The Kier molecular flexibility index (Phi) is 3.95. The Hall–Kier alpha value is -1.75. The third-order valence-electron chi connectivity index (χ3n) is 4.28. The molecular formula is C15H19N5O4S. The summed E-state index contributed by atoms with van der Waals surface area (Å²) < 4.78 is 19.6. The van der Waals surface area contributed by atoms with Gasteiger partial charge in [-0.15, -0.1) is 0 Å². The molecule has 2 fully saturated rings. The maximum absolute atomic E-state index is 11.8. The van der Waals surface area contributed by atoms with E-state index < -0.39 is 12.0 Å². The number of aromatic nitrogens is 4. The third kappa shape index (κ3) is 2.88. The quantitative estimate of drug-likeness (QED) is 0.834. The van der Waals surface area contributed by atoms with Gasteiger partial charge < -0.3 is 19.9 Å². The van der Waals surface area contributed by atoms with Crippen LogP contribution in [0.2, 0.25) is 0 Å². The maximum atomic E-state index is 11.8. The molecule has 0 amide bonds. The predicted molar refractivity (Wildman–Crippen MR) is 89.7 cm³/mol. The van der Waals surface area contributed by atoms with Crippen LogP contribution >= 0.6 is 11.8 Å². The van der Waals surface area contributed by atoms with Crippen molar-refractivity contribution in [1.29, 1.82) is 0 Å². The molecule has 0 aliphatic carbocycles. The van der Waals surface area contributed by atoms with Crippen LogP contribution in [-0.4, -0.2) is 54.5 Å². The van der Waals surface area contributed by atoms with Crippen LogP contribution in [0.15, 0.2) is 12.7 Å². The molecule has 0 aromatic heterocycles. The van der Waals surface area contributed by atoms with Gasteiger partial charge in [-0.25, -0.2) is 15.0 Å². The molecular weight excluding hydrogens is 346 g/mol. The van der Waals surface area contributed by atoms with E-state index in [2.05, 4.69) is 15.0 Å². The molecule has 2 N–H and O–H groups in total. The fourth-order valence-corrected chi connectivity index (χ4v) is 4.27. The molecule has 134 valence electrons. The highest BCUT2D eigenvalue weighted by Crippen LogP contribution is 2.44. The summed E-state index contributed by atoms with van der Waals surface area (Å²) in [6, 6.07) is 0. The Morgan fingerprint density at radius 2 is 2.20 bits per heavy atom. The Morgan fingerprint density at radius 1 is 1.40 bits per heavy atom. The average Bonchev–Trinajstić information content (AvgIpc) is 3.13. The molecule has 0 aromatic carbocycles. The SMILES string of the molecule is CC(=O)S[C@@H]1[C@@H]2OC(C)(C)OC[C@@H]2O[C@@H]1n1cnc2ncnc-2c1N. The topological polar surface area (TPSA) is 114 Å². The number of nitrogens with two attached hydrogens (primary N) is 1. The van der Waals surface area contributed by atoms with E-state index >= 15 is 0 Å². The van der Waals surface area contributed by atoms with E-state index in [1.807, 2.05) is 13.8 Å². The molecule has 2 saturated heterocycles. The molecule has 0 bridgehead atoms. The van der Waals surface area contributed by atoms with Gasteiger partial charge in [0.05, 0.1) is 11.9 Å². The normalized spacial score (nSPS) is 31.2. The summed E-state index contributed by atoms with van der Waals surface area (Å²) in [4.78, 5) is 24.3. The van der Waals surface area contributed by atoms with Crippen LogP contribution in [0.3, 0.4) is 0 Å². The second kappa shape index (κ2) is 5.90. The molecule has 25 heavy (non-hydrogen) atoms. The van der Waals surface area contributed by atoms with Crippen molar-refractivity contribution in [1.82, 2.24) is 19.5 Å². The summed E-state index contributed by atoms with van der Waals surface area (Å²) in [5.41, 5.74) is 6.76. The van der Waals surface area contributed by atoms with Crippen LogP contribution in [-0.2, 0) is 19.0 Å². The zero-order chi connectivity index (χ0) is 17.8. The fourth-order valence-electron chi connectivity index (χ4n) is 3.21. The van der Waals surface area contributed by atoms with Gasteiger partial charge in [0.25, 0.3) is 0 Å². The summed E-state index contributed by atoms with van der Waals surface area (Å²) in [6.45, 7) is 5.61. The highest BCUT2D eigenvalue weighted by molar-refractivity contribution is 8.14. The van der Waals surface area contributed by atoms with Gasteiger partial charge in [0.2, 0.25) is 0 Å². The van der Waals surface area contributed by atoms with E-state index in [0.717, 1.165) is 0 Å². The first-order valence-electron chi connectivity index (χ1n) is 7.93. The van der Waals surface area contributed by atoms with E-state index in [1.165, 1.54) is 25.0 Å². The van der Waals surface area contributed by atoms with Gasteiger partial charge in [0.15, 0.2) is 23.0 Å². The Balaban J connectivity index is 1.73. The summed E-state index contributed by atoms with van der Waals surface area (Å²) in [5.74, 6) is 0.131. The number of carbonyl (C=O) groups is 1. The van der Waals surface area contributed by atoms with Crippen molar-refractivity contribution >= 4 is 22.7 Å². The van der Waals surface area contributed by atoms with Gasteiger partial charge >= 0.3 is 0 Å². The van der Waals surface area contributed by atoms with Crippen molar-refractivity contribution in [3.05, 3.63) is 12.7 Å². The number of rotatable bonds is 2. The van der Waals surface area contributed by atoms with E-state index in [9.17, 15) is 4.79 Å². The molecule has 4 rings (SSSR count). The van der Waals surface area contributed by atoms with Gasteiger partial charge in [0, 0.05) is 6.92 Å². The van der Waals surface area contributed by atoms with E-state index in [-0.39, 0.29) is 22.6 Å². The van der Waals surface area contributed by atoms with Gasteiger partial charge in [-0.3, -0.25) is 9.36 Å². The second-order valence-corrected chi connectivity index (χ2v) is 7.87. The van der Waals surface area contributed by atoms with Crippen molar-refractivity contribution in [3.8, 4) is 11.5 Å². The van der Waals surface area contributed by atoms with Crippen molar-refractivity contribution in [2.24, 2.45) is 0 Å². The van der Waals surface area contributed by atoms with Crippen molar-refractivity contribution in [2.75, 3.05) is 12.3 Å². The number of carbonyl (C=O) groups excluding carboxylic acids is 1. The number of anilines is 1. The molecule has 0 unspecified atom stereocenters. The monoisotopic (exact) mass is 365 g/mol. The molecule has 10 heteroatoms. The molecule has 4 aliphatic heterocycles. The van der Waals surface area contributed by atoms with E-state index in [4.69, 9.17) is 19.9 Å². The lowest BCUT2D eigenvalue weighted by atomic mass is 10.1. The molecule has 4 aliphatic rings. The number of hydrogen-bond acceptors (Lipinski definition) is 9. The molecule has 0 spiro atoms. The molecule has 4 atom stereocenters. The number of imidazole rings is 1. The van der Waals surface area contributed by atoms with Gasteiger partial charge in [0.1, 0.15) is 36.4 Å². The zero-order valence-corrected chi connectivity index (χ0v) is 14.9. The second-order valence-electron chi connectivity index (χ2n) is 6.52. The van der Waals surface area contributed by atoms with Crippen molar-refractivity contribution < 1.29 is 19.0 Å². The van der Waals surface area contributed by atoms with Crippen LogP contribution in [0.25, 0.3) is 11.5 Å². The minimum absolute atomic E-state index is 0.0199. The molecule has 9 nitrogen and oxygen atoms in total. The largest absolute Gasteiger partial charge is 0.383 e. The van der Waals surface area contributed by atoms with Crippen molar-refractivity contribution in [2.45, 2.75) is 50.2 Å². The first-order chi connectivity index (χ1) is 11.9. The minimum Gasteiger partial charge on any atom is -0.383 e. The van der Waals surface area contributed by atoms with Crippen LogP contribution < -0.4 is 5.73 Å². The number of nitrogen functional groups attached to an aromatic ring is 1. The van der Waals surface area contributed by atoms with E-state index in [0.29, 0.717) is 23.9 Å². The molecule has 0 radical (unpaired) electrons. The number of thioether (sulfide) groups is 1. The first kappa shape index (κ1) is 16.7. The highest BCUT2D eigenvalue weighted by Gasteiger charge is 2.52. The van der Waals surface area contributed by atoms with Gasteiger partial charge in [-0.05, 0) is 13.8 Å². The summed E-state index contributed by atoms with van der Waals surface area (Å²) in [5, 5.41) is -0.298. The average molecular weight is 365 g/mol. The summed E-state index contributed by atoms with van der Waals surface area (Å²) >= 11 is 1.18. The van der Waals surface area contributed by atoms with Crippen LogP contribution in [0.4, 0.5) is 5.82 Å². The Labute approximate surface area is 148 Å².